The van der Waals surface area contributed by atoms with E-state index in [0.29, 0.717) is 19.3 Å². The van der Waals surface area contributed by atoms with E-state index < -0.39 is 6.10 Å². The van der Waals surface area contributed by atoms with Crippen molar-refractivity contribution in [3.8, 4) is 0 Å². The van der Waals surface area contributed by atoms with Gasteiger partial charge >= 0.3 is 17.9 Å². The maximum atomic E-state index is 12.6. The van der Waals surface area contributed by atoms with Crippen LogP contribution in [0.15, 0.2) is 60.8 Å². The fourth-order valence-corrected chi connectivity index (χ4v) is 5.38. The molecule has 1 atom stereocenters. The Balaban J connectivity index is 4.41. The first-order valence-electron chi connectivity index (χ1n) is 20.8. The summed E-state index contributed by atoms with van der Waals surface area (Å²) in [6.45, 7) is 6.28. The lowest BCUT2D eigenvalue weighted by molar-refractivity contribution is -0.167. The Hall–Kier alpha value is -2.89. The van der Waals surface area contributed by atoms with Crippen LogP contribution < -0.4 is 0 Å². The summed E-state index contributed by atoms with van der Waals surface area (Å²) in [5.41, 5.74) is 0. The zero-order valence-electron chi connectivity index (χ0n) is 33.1. The quantitative estimate of drug-likeness (QED) is 0.0278. The third kappa shape index (κ3) is 38.2. The first-order chi connectivity index (χ1) is 25.0. The maximum absolute atomic E-state index is 12.6. The average molecular weight is 713 g/mol. The van der Waals surface area contributed by atoms with Gasteiger partial charge in [0.15, 0.2) is 6.10 Å². The lowest BCUT2D eigenvalue weighted by Crippen LogP contribution is -2.30. The van der Waals surface area contributed by atoms with Crippen molar-refractivity contribution in [3.63, 3.8) is 0 Å². The summed E-state index contributed by atoms with van der Waals surface area (Å²) in [4.78, 5) is 37.5. The molecule has 0 aromatic carbocycles. The number of carbonyl (C=O) groups is 3. The molecule has 0 saturated heterocycles. The Bertz CT molecular complexity index is 960. The number of rotatable bonds is 36. The molecule has 0 saturated carbocycles. The van der Waals surface area contributed by atoms with Crippen LogP contribution in [0.4, 0.5) is 0 Å². The Morgan fingerprint density at radius 1 is 0.412 bits per heavy atom. The van der Waals surface area contributed by atoms with E-state index in [1.807, 2.05) is 0 Å². The normalized spacial score (nSPS) is 12.6. The molecule has 0 rings (SSSR count). The van der Waals surface area contributed by atoms with Gasteiger partial charge in [-0.1, -0.05) is 139 Å². The largest absolute Gasteiger partial charge is 0.462 e. The van der Waals surface area contributed by atoms with Crippen molar-refractivity contribution < 1.29 is 28.6 Å². The van der Waals surface area contributed by atoms with Gasteiger partial charge in [0.25, 0.3) is 0 Å². The summed E-state index contributed by atoms with van der Waals surface area (Å²) in [5, 5.41) is 0. The molecule has 0 aromatic heterocycles. The van der Waals surface area contributed by atoms with Crippen molar-refractivity contribution in [2.75, 3.05) is 13.2 Å². The van der Waals surface area contributed by atoms with Gasteiger partial charge in [-0.3, -0.25) is 14.4 Å². The standard InChI is InChI=1S/C45H76O6/c1-4-7-10-13-16-19-21-22-23-24-27-29-32-35-38-44(47)50-41-42(40-49-43(46)37-34-31-28-25-18-15-12-9-6-3)51-45(48)39-36-33-30-26-20-17-14-11-8-5-2/h7,9-10,12,14,16-19,25,42H,4-6,8,11,13,15,20-24,26-41H2,1-3H3/b10-7-,12-9-,17-14-,19-16-,25-18-. The molecular weight excluding hydrogens is 636 g/mol. The molecule has 6 nitrogen and oxygen atoms in total. The molecule has 0 bridgehead atoms. The molecule has 0 heterocycles. The highest BCUT2D eigenvalue weighted by molar-refractivity contribution is 5.71. The van der Waals surface area contributed by atoms with Crippen LogP contribution in [0.1, 0.15) is 188 Å². The van der Waals surface area contributed by atoms with Crippen LogP contribution in [0.5, 0.6) is 0 Å². The van der Waals surface area contributed by atoms with Gasteiger partial charge in [0.2, 0.25) is 0 Å². The summed E-state index contributed by atoms with van der Waals surface area (Å²) in [6.07, 6.45) is 46.5. The highest BCUT2D eigenvalue weighted by atomic mass is 16.6. The molecule has 0 N–H and O–H groups in total. The van der Waals surface area contributed by atoms with Gasteiger partial charge in [-0.25, -0.2) is 0 Å². The maximum Gasteiger partial charge on any atom is 0.306 e. The van der Waals surface area contributed by atoms with E-state index in [1.165, 1.54) is 38.5 Å². The lowest BCUT2D eigenvalue weighted by atomic mass is 10.1. The van der Waals surface area contributed by atoms with Crippen molar-refractivity contribution in [2.24, 2.45) is 0 Å². The number of hydrogen-bond acceptors (Lipinski definition) is 6. The van der Waals surface area contributed by atoms with Gasteiger partial charge in [-0.2, -0.15) is 0 Å². The van der Waals surface area contributed by atoms with Crippen LogP contribution in [-0.4, -0.2) is 37.2 Å². The fourth-order valence-electron chi connectivity index (χ4n) is 5.38. The van der Waals surface area contributed by atoms with E-state index >= 15 is 0 Å². The molecule has 0 aliphatic rings. The monoisotopic (exact) mass is 713 g/mol. The summed E-state index contributed by atoms with van der Waals surface area (Å²) in [7, 11) is 0. The van der Waals surface area contributed by atoms with E-state index in [4.69, 9.17) is 14.2 Å². The Kier molecular flexibility index (Phi) is 37.6. The molecular formula is C45H76O6. The predicted molar refractivity (Wildman–Crippen MR) is 215 cm³/mol. The number of carbonyl (C=O) groups excluding carboxylic acids is 3. The second-order valence-corrected chi connectivity index (χ2v) is 13.5. The van der Waals surface area contributed by atoms with Crippen LogP contribution in [0.2, 0.25) is 0 Å². The van der Waals surface area contributed by atoms with Gasteiger partial charge in [-0.15, -0.1) is 0 Å². The minimum absolute atomic E-state index is 0.0944. The SMILES string of the molecule is CC/C=C\C/C=C\CCCCCCCCCC(=O)OCC(COC(=O)CCCC/C=C\C/C=C\CC)OC(=O)CCCCCC/C=C\CCCC. The predicted octanol–water partition coefficient (Wildman–Crippen LogP) is 13.0. The minimum Gasteiger partial charge on any atom is -0.462 e. The molecule has 0 amide bonds. The van der Waals surface area contributed by atoms with Crippen molar-refractivity contribution in [3.05, 3.63) is 60.8 Å². The van der Waals surface area contributed by atoms with Crippen LogP contribution >= 0.6 is 0 Å². The lowest BCUT2D eigenvalue weighted by Gasteiger charge is -2.18. The van der Waals surface area contributed by atoms with Crippen molar-refractivity contribution >= 4 is 17.9 Å². The molecule has 6 heteroatoms. The van der Waals surface area contributed by atoms with E-state index in [-0.39, 0.29) is 31.1 Å². The van der Waals surface area contributed by atoms with E-state index in [1.54, 1.807) is 0 Å². The number of allylic oxidation sites excluding steroid dienone is 10. The second kappa shape index (κ2) is 39.9. The molecule has 0 aliphatic carbocycles. The summed E-state index contributed by atoms with van der Waals surface area (Å²) in [5.74, 6) is -0.963. The van der Waals surface area contributed by atoms with Gasteiger partial charge in [0.1, 0.15) is 13.2 Å². The molecule has 1 unspecified atom stereocenters. The molecule has 0 spiro atoms. The smallest absolute Gasteiger partial charge is 0.306 e. The molecule has 0 aromatic rings. The highest BCUT2D eigenvalue weighted by Gasteiger charge is 2.19. The summed E-state index contributed by atoms with van der Waals surface area (Å²) in [6, 6.07) is 0. The van der Waals surface area contributed by atoms with Crippen LogP contribution in [0.3, 0.4) is 0 Å². The zero-order valence-corrected chi connectivity index (χ0v) is 33.1. The van der Waals surface area contributed by atoms with Gasteiger partial charge in [0.05, 0.1) is 0 Å². The molecule has 0 fully saturated rings. The van der Waals surface area contributed by atoms with E-state index in [9.17, 15) is 14.4 Å². The Morgan fingerprint density at radius 2 is 0.765 bits per heavy atom. The third-order valence-corrected chi connectivity index (χ3v) is 8.49. The molecule has 0 aliphatic heterocycles. The number of unbranched alkanes of at least 4 members (excludes halogenated alkanes) is 15. The fraction of sp³-hybridized carbons (Fsp3) is 0.711. The average Bonchev–Trinajstić information content (AvgIpc) is 3.12. The topological polar surface area (TPSA) is 78.9 Å². The second-order valence-electron chi connectivity index (χ2n) is 13.5. The Labute approximate surface area is 313 Å². The van der Waals surface area contributed by atoms with Gasteiger partial charge in [-0.05, 0) is 89.9 Å². The zero-order chi connectivity index (χ0) is 37.3. The molecule has 292 valence electrons. The third-order valence-electron chi connectivity index (χ3n) is 8.49. The van der Waals surface area contributed by atoms with Crippen LogP contribution in [0, 0.1) is 0 Å². The number of ether oxygens (including phenoxy) is 3. The van der Waals surface area contributed by atoms with Gasteiger partial charge in [0, 0.05) is 19.3 Å². The number of hydrogen-bond donors (Lipinski definition) is 0. The first-order valence-corrected chi connectivity index (χ1v) is 20.8. The Morgan fingerprint density at radius 3 is 1.24 bits per heavy atom. The van der Waals surface area contributed by atoms with Crippen molar-refractivity contribution in [2.45, 2.75) is 194 Å². The molecule has 0 radical (unpaired) electrons. The molecule has 51 heavy (non-hydrogen) atoms. The number of esters is 3. The van der Waals surface area contributed by atoms with E-state index in [2.05, 4.69) is 81.5 Å². The first kappa shape index (κ1) is 48.1. The van der Waals surface area contributed by atoms with Crippen molar-refractivity contribution in [1.82, 2.24) is 0 Å². The van der Waals surface area contributed by atoms with E-state index in [0.717, 1.165) is 109 Å². The minimum atomic E-state index is -0.791. The summed E-state index contributed by atoms with van der Waals surface area (Å²) < 4.78 is 16.6. The van der Waals surface area contributed by atoms with Crippen LogP contribution in [-0.2, 0) is 28.6 Å². The van der Waals surface area contributed by atoms with Crippen molar-refractivity contribution in [1.29, 1.82) is 0 Å². The van der Waals surface area contributed by atoms with Crippen LogP contribution in [0.25, 0.3) is 0 Å². The highest BCUT2D eigenvalue weighted by Crippen LogP contribution is 2.12. The summed E-state index contributed by atoms with van der Waals surface area (Å²) >= 11 is 0. The van der Waals surface area contributed by atoms with Gasteiger partial charge < -0.3 is 14.2 Å².